The Bertz CT molecular complexity index is 605. The molecule has 0 unspecified atom stereocenters. The maximum Gasteiger partial charge on any atom is 0.490 e. The zero-order chi connectivity index (χ0) is 19.2. The number of alkyl halides is 3. The number of aliphatic carboxylic acids is 1. The van der Waals surface area contributed by atoms with Crippen LogP contribution in [0, 0.1) is 0 Å². The van der Waals surface area contributed by atoms with E-state index in [1.54, 1.807) is 0 Å². The highest BCUT2D eigenvalue weighted by Gasteiger charge is 2.39. The average molecular weight is 375 g/mol. The van der Waals surface area contributed by atoms with Crippen LogP contribution in [0.1, 0.15) is 18.5 Å². The van der Waals surface area contributed by atoms with Crippen LogP contribution >= 0.6 is 0 Å². The quantitative estimate of drug-likeness (QED) is 0.807. The smallest absolute Gasteiger partial charge is 0.475 e. The molecule has 0 atom stereocenters. The predicted molar refractivity (Wildman–Crippen MR) is 84.1 cm³/mol. The molecular formula is C16H20F3N3O4. The highest BCUT2D eigenvalue weighted by molar-refractivity contribution is 5.78. The Morgan fingerprint density at radius 1 is 1.35 bits per heavy atom. The van der Waals surface area contributed by atoms with E-state index in [2.05, 4.69) is 21.3 Å². The zero-order valence-corrected chi connectivity index (χ0v) is 14.0. The molecule has 10 heteroatoms. The Morgan fingerprint density at radius 2 is 2.00 bits per heavy atom. The number of carbonyl (C=O) groups excluding carboxylic acids is 1. The predicted octanol–water partition coefficient (Wildman–Crippen LogP) is 1.20. The number of ether oxygens (including phenoxy) is 1. The third kappa shape index (κ3) is 5.95. The number of hydrogen-bond acceptors (Lipinski definition) is 5. The number of amides is 1. The number of hydrogen-bond donors (Lipinski definition) is 2. The fourth-order valence-corrected chi connectivity index (χ4v) is 2.74. The van der Waals surface area contributed by atoms with Gasteiger partial charge in [-0.15, -0.1) is 0 Å². The van der Waals surface area contributed by atoms with Gasteiger partial charge in [0.05, 0.1) is 11.3 Å². The molecule has 144 valence electrons. The summed E-state index contributed by atoms with van der Waals surface area (Å²) in [6.45, 7) is 3.74. The summed E-state index contributed by atoms with van der Waals surface area (Å²) in [6, 6.07) is 6.02. The van der Waals surface area contributed by atoms with Gasteiger partial charge < -0.3 is 15.2 Å². The van der Waals surface area contributed by atoms with Gasteiger partial charge in [0.25, 0.3) is 0 Å². The van der Waals surface area contributed by atoms with Gasteiger partial charge in [-0.05, 0) is 25.0 Å². The maximum absolute atomic E-state index is 11.1. The summed E-state index contributed by atoms with van der Waals surface area (Å²) in [5.74, 6) is -2.76. The first-order valence-corrected chi connectivity index (χ1v) is 8.03. The van der Waals surface area contributed by atoms with E-state index in [1.807, 2.05) is 18.3 Å². The topological polar surface area (TPSA) is 91.8 Å². The van der Waals surface area contributed by atoms with Crippen LogP contribution in [-0.4, -0.2) is 64.9 Å². The van der Waals surface area contributed by atoms with Gasteiger partial charge in [0.15, 0.2) is 0 Å². The Morgan fingerprint density at radius 3 is 2.46 bits per heavy atom. The van der Waals surface area contributed by atoms with E-state index in [9.17, 15) is 18.0 Å². The summed E-state index contributed by atoms with van der Waals surface area (Å²) in [5.41, 5.74) is 0.977. The zero-order valence-electron chi connectivity index (χ0n) is 14.0. The number of pyridine rings is 1. The van der Waals surface area contributed by atoms with E-state index in [0.717, 1.165) is 38.2 Å². The largest absolute Gasteiger partial charge is 0.490 e. The van der Waals surface area contributed by atoms with Gasteiger partial charge in [-0.2, -0.15) is 13.2 Å². The number of carbonyl (C=O) groups is 2. The standard InChI is InChI=1S/C14H19N3O2.C2HF3O2/c18-13-10-19-14(11-16-13)4-7-17(8-5-14)9-12-3-1-2-6-15-12;3-2(4,5)1(6)7/h1-3,6H,4-5,7-11H2,(H,16,18);(H,6,7). The van der Waals surface area contributed by atoms with Gasteiger partial charge in [0.2, 0.25) is 5.91 Å². The summed E-state index contributed by atoms with van der Waals surface area (Å²) < 4.78 is 37.5. The lowest BCUT2D eigenvalue weighted by Gasteiger charge is -2.43. The Balaban J connectivity index is 0.000000298. The van der Waals surface area contributed by atoms with Crippen molar-refractivity contribution < 1.29 is 32.6 Å². The first-order chi connectivity index (χ1) is 12.2. The lowest BCUT2D eigenvalue weighted by Crippen LogP contribution is -2.57. The molecule has 0 saturated carbocycles. The number of likely N-dealkylation sites (tertiary alicyclic amines) is 1. The summed E-state index contributed by atoms with van der Waals surface area (Å²) >= 11 is 0. The van der Waals surface area contributed by atoms with Gasteiger partial charge in [-0.3, -0.25) is 14.7 Å². The summed E-state index contributed by atoms with van der Waals surface area (Å²) in [7, 11) is 0. The molecule has 1 spiro atoms. The first-order valence-electron chi connectivity index (χ1n) is 8.03. The monoisotopic (exact) mass is 375 g/mol. The summed E-state index contributed by atoms with van der Waals surface area (Å²) in [4.78, 5) is 26.8. The minimum atomic E-state index is -5.08. The van der Waals surface area contributed by atoms with Crippen LogP contribution in [0.25, 0.3) is 0 Å². The van der Waals surface area contributed by atoms with Crippen molar-refractivity contribution in [3.05, 3.63) is 30.1 Å². The second kappa shape index (κ2) is 8.45. The normalized spacial score (nSPS) is 20.0. The molecule has 1 amide bonds. The Kier molecular flexibility index (Phi) is 6.54. The molecule has 0 aliphatic carbocycles. The van der Waals surface area contributed by atoms with Crippen LogP contribution in [-0.2, 0) is 20.9 Å². The molecule has 3 rings (SSSR count). The molecule has 2 aliphatic heterocycles. The highest BCUT2D eigenvalue weighted by atomic mass is 19.4. The molecule has 26 heavy (non-hydrogen) atoms. The van der Waals surface area contributed by atoms with Crippen molar-refractivity contribution in [2.45, 2.75) is 31.2 Å². The van der Waals surface area contributed by atoms with Crippen molar-refractivity contribution in [1.82, 2.24) is 15.2 Å². The third-order valence-corrected chi connectivity index (χ3v) is 4.24. The van der Waals surface area contributed by atoms with Gasteiger partial charge >= 0.3 is 12.1 Å². The third-order valence-electron chi connectivity index (χ3n) is 4.24. The van der Waals surface area contributed by atoms with Crippen LogP contribution in [0.2, 0.25) is 0 Å². The Hall–Kier alpha value is -2.20. The van der Waals surface area contributed by atoms with Crippen molar-refractivity contribution in [1.29, 1.82) is 0 Å². The molecule has 0 aromatic carbocycles. The first kappa shape index (κ1) is 20.1. The van der Waals surface area contributed by atoms with Crippen LogP contribution < -0.4 is 5.32 Å². The van der Waals surface area contributed by atoms with E-state index in [0.29, 0.717) is 6.54 Å². The molecule has 2 aliphatic rings. The van der Waals surface area contributed by atoms with Gasteiger partial charge in [0.1, 0.15) is 6.61 Å². The van der Waals surface area contributed by atoms with Gasteiger partial charge in [0, 0.05) is 32.4 Å². The van der Waals surface area contributed by atoms with Crippen LogP contribution in [0.5, 0.6) is 0 Å². The van der Waals surface area contributed by atoms with Gasteiger partial charge in [-0.25, -0.2) is 4.79 Å². The molecular weight excluding hydrogens is 355 g/mol. The molecule has 7 nitrogen and oxygen atoms in total. The van der Waals surface area contributed by atoms with E-state index in [-0.39, 0.29) is 18.1 Å². The number of carboxylic acids is 1. The second-order valence-electron chi connectivity index (χ2n) is 6.15. The number of aromatic nitrogens is 1. The van der Waals surface area contributed by atoms with Crippen LogP contribution in [0.15, 0.2) is 24.4 Å². The number of piperidine rings is 1. The van der Waals surface area contributed by atoms with Crippen molar-refractivity contribution in [3.8, 4) is 0 Å². The van der Waals surface area contributed by atoms with E-state index >= 15 is 0 Å². The fourth-order valence-electron chi connectivity index (χ4n) is 2.74. The molecule has 1 aromatic heterocycles. The van der Waals surface area contributed by atoms with Crippen molar-refractivity contribution >= 4 is 11.9 Å². The number of nitrogens with zero attached hydrogens (tertiary/aromatic N) is 2. The van der Waals surface area contributed by atoms with Crippen molar-refractivity contribution in [2.24, 2.45) is 0 Å². The SMILES string of the molecule is O=C(O)C(F)(F)F.O=C1COC2(CCN(Cc3ccccn3)CC2)CN1. The van der Waals surface area contributed by atoms with Crippen molar-refractivity contribution in [2.75, 3.05) is 26.2 Å². The lowest BCUT2D eigenvalue weighted by atomic mass is 9.90. The number of nitrogens with one attached hydrogen (secondary N) is 1. The van der Waals surface area contributed by atoms with Gasteiger partial charge in [-0.1, -0.05) is 6.07 Å². The lowest BCUT2D eigenvalue weighted by molar-refractivity contribution is -0.192. The number of rotatable bonds is 2. The van der Waals surface area contributed by atoms with Crippen LogP contribution in [0.3, 0.4) is 0 Å². The molecule has 0 radical (unpaired) electrons. The molecule has 2 fully saturated rings. The van der Waals surface area contributed by atoms with E-state index < -0.39 is 12.1 Å². The molecule has 0 bridgehead atoms. The average Bonchev–Trinajstić information content (AvgIpc) is 2.60. The second-order valence-corrected chi connectivity index (χ2v) is 6.15. The minimum Gasteiger partial charge on any atom is -0.475 e. The van der Waals surface area contributed by atoms with E-state index in [1.165, 1.54) is 0 Å². The minimum absolute atomic E-state index is 0.00143. The fraction of sp³-hybridized carbons (Fsp3) is 0.562. The maximum atomic E-state index is 11.1. The Labute approximate surface area is 148 Å². The highest BCUT2D eigenvalue weighted by Crippen LogP contribution is 2.28. The molecule has 1 aromatic rings. The number of halogens is 3. The number of morpholine rings is 1. The van der Waals surface area contributed by atoms with Crippen molar-refractivity contribution in [3.63, 3.8) is 0 Å². The summed E-state index contributed by atoms with van der Waals surface area (Å²) in [5, 5.41) is 10.0. The molecule has 2 saturated heterocycles. The summed E-state index contributed by atoms with van der Waals surface area (Å²) in [6.07, 6.45) is -1.30. The van der Waals surface area contributed by atoms with Crippen LogP contribution in [0.4, 0.5) is 13.2 Å². The number of carboxylic acid groups (broad SMARTS) is 1. The molecule has 2 N–H and O–H groups in total. The van der Waals surface area contributed by atoms with E-state index in [4.69, 9.17) is 14.6 Å². The molecule has 3 heterocycles.